The van der Waals surface area contributed by atoms with Gasteiger partial charge in [0, 0.05) is 19.0 Å². The van der Waals surface area contributed by atoms with E-state index in [1.165, 1.54) is 13.2 Å². The van der Waals surface area contributed by atoms with Crippen LogP contribution in [-0.2, 0) is 16.7 Å². The molecule has 12 heteroatoms. The van der Waals surface area contributed by atoms with Gasteiger partial charge in [-0.05, 0) is 25.0 Å². The number of anilines is 3. The van der Waals surface area contributed by atoms with E-state index in [1.807, 2.05) is 0 Å². The number of aromatic nitrogens is 5. The van der Waals surface area contributed by atoms with Crippen LogP contribution in [0.2, 0.25) is 0 Å². The van der Waals surface area contributed by atoms with Crippen LogP contribution < -0.4 is 15.4 Å². The van der Waals surface area contributed by atoms with Crippen molar-refractivity contribution in [2.45, 2.75) is 12.8 Å². The van der Waals surface area contributed by atoms with Gasteiger partial charge in [0.1, 0.15) is 6.33 Å². The molecule has 1 fully saturated rings. The Morgan fingerprint density at radius 1 is 1.23 bits per heavy atom. The van der Waals surface area contributed by atoms with E-state index >= 15 is 0 Å². The van der Waals surface area contributed by atoms with Gasteiger partial charge >= 0.3 is 5.97 Å². The summed E-state index contributed by atoms with van der Waals surface area (Å²) >= 11 is 0. The Hall–Kier alpha value is -4.06. The summed E-state index contributed by atoms with van der Waals surface area (Å²) in [4.78, 5) is 32.1. The zero-order valence-electron chi connectivity index (χ0n) is 16.7. The summed E-state index contributed by atoms with van der Waals surface area (Å²) in [5.41, 5.74) is 0.940. The Balaban J connectivity index is 1.71. The van der Waals surface area contributed by atoms with Crippen LogP contribution >= 0.6 is 0 Å². The van der Waals surface area contributed by atoms with Crippen LogP contribution in [0.25, 0.3) is 11.4 Å². The molecule has 0 aliphatic heterocycles. The van der Waals surface area contributed by atoms with Gasteiger partial charge in [-0.25, -0.2) is 9.78 Å². The fourth-order valence-corrected chi connectivity index (χ4v) is 2.96. The molecule has 160 valence electrons. The first-order valence-electron chi connectivity index (χ1n) is 9.34. The molecule has 0 spiro atoms. The van der Waals surface area contributed by atoms with Gasteiger partial charge < -0.3 is 15.4 Å². The van der Waals surface area contributed by atoms with E-state index < -0.39 is 5.97 Å². The number of carbonyl (C=O) groups is 2. The second-order valence-electron chi connectivity index (χ2n) is 6.89. The normalized spacial score (nSPS) is 12.9. The molecule has 1 aromatic carbocycles. The van der Waals surface area contributed by atoms with Gasteiger partial charge in [-0.2, -0.15) is 10.4 Å². The van der Waals surface area contributed by atoms with E-state index in [2.05, 4.69) is 35.8 Å². The standard InChI is InChI=1S/C19H19N7O5/c1-26-9-20-17(25-26)11-4-3-5-12(16(11)30-2)21-13-8-14(22-18(27)10-6-7-10)23-24-15(13)19(28)31-29/h3-5,8-10,29H,6-7H2,1-2H3,(H2,21,22,23,27). The molecule has 0 bridgehead atoms. The molecule has 0 atom stereocenters. The first kappa shape index (κ1) is 20.2. The Morgan fingerprint density at radius 2 is 2.03 bits per heavy atom. The molecular formula is C19H19N7O5. The number of nitrogens with one attached hydrogen (secondary N) is 2. The van der Waals surface area contributed by atoms with Crippen LogP contribution in [0.1, 0.15) is 23.3 Å². The maximum atomic E-state index is 12.1. The minimum Gasteiger partial charge on any atom is -0.494 e. The molecule has 12 nitrogen and oxygen atoms in total. The second-order valence-corrected chi connectivity index (χ2v) is 6.89. The number of nitrogens with zero attached hydrogens (tertiary/aromatic N) is 5. The highest BCUT2D eigenvalue weighted by Crippen LogP contribution is 2.37. The Morgan fingerprint density at radius 3 is 2.68 bits per heavy atom. The minimum atomic E-state index is -1.11. The number of ether oxygens (including phenoxy) is 1. The fraction of sp³-hybridized carbons (Fsp3) is 0.263. The molecule has 1 aliphatic rings. The van der Waals surface area contributed by atoms with Crippen LogP contribution in [0.5, 0.6) is 5.75 Å². The molecule has 0 saturated heterocycles. The smallest absolute Gasteiger partial charge is 0.395 e. The van der Waals surface area contributed by atoms with Crippen molar-refractivity contribution < 1.29 is 24.5 Å². The summed E-state index contributed by atoms with van der Waals surface area (Å²) < 4.78 is 7.11. The van der Waals surface area contributed by atoms with Gasteiger partial charge in [-0.15, -0.1) is 10.2 Å². The van der Waals surface area contributed by atoms with Crippen molar-refractivity contribution in [3.05, 3.63) is 36.3 Å². The lowest BCUT2D eigenvalue weighted by molar-refractivity contribution is -0.183. The van der Waals surface area contributed by atoms with Gasteiger partial charge in [0.25, 0.3) is 0 Å². The van der Waals surface area contributed by atoms with Gasteiger partial charge in [-0.3, -0.25) is 14.4 Å². The van der Waals surface area contributed by atoms with Crippen molar-refractivity contribution >= 4 is 29.1 Å². The summed E-state index contributed by atoms with van der Waals surface area (Å²) in [6.45, 7) is 0. The van der Waals surface area contributed by atoms with Crippen molar-refractivity contribution in [1.29, 1.82) is 0 Å². The van der Waals surface area contributed by atoms with Gasteiger partial charge in [0.15, 0.2) is 23.1 Å². The first-order chi connectivity index (χ1) is 15.0. The minimum absolute atomic E-state index is 0.0389. The third-order valence-electron chi connectivity index (χ3n) is 4.60. The molecule has 1 aliphatic carbocycles. The maximum absolute atomic E-state index is 12.1. The van der Waals surface area contributed by atoms with Crippen LogP contribution in [0.3, 0.4) is 0 Å². The number of amides is 1. The van der Waals surface area contributed by atoms with E-state index in [9.17, 15) is 9.59 Å². The van der Waals surface area contributed by atoms with Gasteiger partial charge in [0.2, 0.25) is 5.91 Å². The first-order valence-corrected chi connectivity index (χ1v) is 9.34. The third kappa shape index (κ3) is 4.28. The average molecular weight is 425 g/mol. The van der Waals surface area contributed by atoms with Crippen LogP contribution in [0, 0.1) is 5.92 Å². The highest BCUT2D eigenvalue weighted by molar-refractivity contribution is 5.97. The number of rotatable bonds is 7. The zero-order valence-corrected chi connectivity index (χ0v) is 16.7. The van der Waals surface area contributed by atoms with Crippen molar-refractivity contribution in [1.82, 2.24) is 25.0 Å². The highest BCUT2D eigenvalue weighted by atomic mass is 17.1. The lowest BCUT2D eigenvalue weighted by Crippen LogP contribution is -2.17. The lowest BCUT2D eigenvalue weighted by Gasteiger charge is -2.15. The molecule has 2 heterocycles. The molecule has 4 rings (SSSR count). The summed E-state index contributed by atoms with van der Waals surface area (Å²) in [5.74, 6) is -0.311. The van der Waals surface area contributed by atoms with Crippen molar-refractivity contribution in [3.63, 3.8) is 0 Å². The number of carbonyl (C=O) groups excluding carboxylic acids is 2. The van der Waals surface area contributed by atoms with E-state index in [-0.39, 0.29) is 29.0 Å². The Bertz CT molecular complexity index is 1140. The monoisotopic (exact) mass is 425 g/mol. The summed E-state index contributed by atoms with van der Waals surface area (Å²) in [6.07, 6.45) is 3.21. The molecule has 0 unspecified atom stereocenters. The lowest BCUT2D eigenvalue weighted by atomic mass is 10.1. The molecule has 1 amide bonds. The summed E-state index contributed by atoms with van der Waals surface area (Å²) in [6, 6.07) is 6.67. The number of hydrogen-bond acceptors (Lipinski definition) is 10. The zero-order chi connectivity index (χ0) is 22.0. The summed E-state index contributed by atoms with van der Waals surface area (Å²) in [5, 5.41) is 26.4. The number of hydrogen-bond donors (Lipinski definition) is 3. The van der Waals surface area contributed by atoms with Gasteiger partial charge in [0.05, 0.1) is 24.0 Å². The van der Waals surface area contributed by atoms with Crippen LogP contribution in [-0.4, -0.2) is 49.2 Å². The molecule has 0 radical (unpaired) electrons. The number of aryl methyl sites for hydroxylation is 1. The average Bonchev–Trinajstić information content (AvgIpc) is 3.54. The third-order valence-corrected chi connectivity index (χ3v) is 4.60. The van der Waals surface area contributed by atoms with Crippen molar-refractivity contribution in [3.8, 4) is 17.1 Å². The second kappa shape index (κ2) is 8.36. The Labute approximate surface area is 176 Å². The largest absolute Gasteiger partial charge is 0.494 e. The molecule has 3 aromatic rings. The molecule has 31 heavy (non-hydrogen) atoms. The molecule has 1 saturated carbocycles. The van der Waals surface area contributed by atoms with Crippen LogP contribution in [0.15, 0.2) is 30.6 Å². The topological polar surface area (TPSA) is 153 Å². The fourth-order valence-electron chi connectivity index (χ4n) is 2.96. The molecule has 2 aromatic heterocycles. The maximum Gasteiger partial charge on any atom is 0.395 e. The van der Waals surface area contributed by atoms with Gasteiger partial charge in [-0.1, -0.05) is 6.07 Å². The van der Waals surface area contributed by atoms with Crippen molar-refractivity contribution in [2.24, 2.45) is 13.0 Å². The SMILES string of the molecule is COc1c(Nc2cc(NC(=O)C3CC3)nnc2C(=O)OO)cccc1-c1ncn(C)n1. The Kier molecular flexibility index (Phi) is 5.45. The van der Waals surface area contributed by atoms with E-state index in [0.717, 1.165) is 12.8 Å². The predicted molar refractivity (Wildman–Crippen MR) is 108 cm³/mol. The summed E-state index contributed by atoms with van der Waals surface area (Å²) in [7, 11) is 3.24. The molecular weight excluding hydrogens is 406 g/mol. The molecule has 3 N–H and O–H groups in total. The quantitative estimate of drug-likeness (QED) is 0.378. The highest BCUT2D eigenvalue weighted by Gasteiger charge is 2.30. The van der Waals surface area contributed by atoms with E-state index in [1.54, 1.807) is 36.3 Å². The predicted octanol–water partition coefficient (Wildman–Crippen LogP) is 2.00. The van der Waals surface area contributed by atoms with Crippen LogP contribution in [0.4, 0.5) is 17.2 Å². The van der Waals surface area contributed by atoms with Crippen molar-refractivity contribution in [2.75, 3.05) is 17.7 Å². The number of benzene rings is 1. The van der Waals surface area contributed by atoms with E-state index in [4.69, 9.17) is 9.99 Å². The van der Waals surface area contributed by atoms with E-state index in [0.29, 0.717) is 22.8 Å². The number of methoxy groups -OCH3 is 1. The number of para-hydroxylation sites is 1.